The molecule has 5 nitrogen and oxygen atoms in total. The fourth-order valence-electron chi connectivity index (χ4n) is 2.77. The Morgan fingerprint density at radius 3 is 2.88 bits per heavy atom. The van der Waals surface area contributed by atoms with Crippen molar-refractivity contribution < 1.29 is 13.5 Å². The number of hydrogen-bond donors (Lipinski definition) is 2. The van der Waals surface area contributed by atoms with Gasteiger partial charge in [0, 0.05) is 25.2 Å². The summed E-state index contributed by atoms with van der Waals surface area (Å²) in [7, 11) is -2.80. The Kier molecular flexibility index (Phi) is 4.41. The Labute approximate surface area is 103 Å². The number of hydrogen-bond acceptors (Lipinski definition) is 5. The van der Waals surface area contributed by atoms with Gasteiger partial charge in [0.2, 0.25) is 0 Å². The van der Waals surface area contributed by atoms with Gasteiger partial charge in [-0.1, -0.05) is 0 Å². The Bertz CT molecular complexity index is 345. The number of aliphatic hydroxyl groups excluding tert-OH is 1. The highest BCUT2D eigenvalue weighted by molar-refractivity contribution is 7.91. The standard InChI is InChI=1S/C11H22N2O3S/c14-6-2-10-8-13(5-1-4-12-10)11-3-7-17(15,16)9-11/h10-12,14H,1-9H2. The Hall–Kier alpha value is -0.170. The number of nitrogens with zero attached hydrogens (tertiary/aromatic N) is 1. The molecule has 2 aliphatic heterocycles. The van der Waals surface area contributed by atoms with Crippen LogP contribution < -0.4 is 5.32 Å². The second-order valence-corrected chi connectivity index (χ2v) is 7.30. The fourth-order valence-corrected chi connectivity index (χ4v) is 4.53. The molecule has 100 valence electrons. The van der Waals surface area contributed by atoms with Gasteiger partial charge in [-0.3, -0.25) is 4.90 Å². The summed E-state index contributed by atoms with van der Waals surface area (Å²) in [5, 5.41) is 12.4. The summed E-state index contributed by atoms with van der Waals surface area (Å²) in [5.41, 5.74) is 0. The molecule has 0 aromatic heterocycles. The van der Waals surface area contributed by atoms with Crippen LogP contribution in [0.3, 0.4) is 0 Å². The maximum absolute atomic E-state index is 11.5. The molecule has 2 saturated heterocycles. The third kappa shape index (κ3) is 3.64. The molecule has 0 bridgehead atoms. The minimum absolute atomic E-state index is 0.189. The molecule has 0 amide bonds. The number of aliphatic hydroxyl groups is 1. The lowest BCUT2D eigenvalue weighted by atomic mass is 10.1. The van der Waals surface area contributed by atoms with Gasteiger partial charge in [-0.05, 0) is 32.4 Å². The van der Waals surface area contributed by atoms with Crippen LogP contribution in [0.15, 0.2) is 0 Å². The van der Waals surface area contributed by atoms with Crippen LogP contribution in [0.4, 0.5) is 0 Å². The Balaban J connectivity index is 1.95. The van der Waals surface area contributed by atoms with Crippen molar-refractivity contribution in [3.63, 3.8) is 0 Å². The molecule has 2 rings (SSSR count). The monoisotopic (exact) mass is 262 g/mol. The lowest BCUT2D eigenvalue weighted by molar-refractivity contribution is 0.191. The van der Waals surface area contributed by atoms with Gasteiger partial charge in [0.05, 0.1) is 11.5 Å². The summed E-state index contributed by atoms with van der Waals surface area (Å²) >= 11 is 0. The Morgan fingerprint density at radius 1 is 1.41 bits per heavy atom. The minimum atomic E-state index is -2.80. The second kappa shape index (κ2) is 5.65. The first-order valence-electron chi connectivity index (χ1n) is 6.39. The van der Waals surface area contributed by atoms with E-state index in [-0.39, 0.29) is 12.6 Å². The zero-order valence-corrected chi connectivity index (χ0v) is 11.0. The zero-order valence-electron chi connectivity index (χ0n) is 10.1. The van der Waals surface area contributed by atoms with Crippen LogP contribution >= 0.6 is 0 Å². The smallest absolute Gasteiger partial charge is 0.151 e. The lowest BCUT2D eigenvalue weighted by Gasteiger charge is -2.28. The molecule has 0 saturated carbocycles. The van der Waals surface area contributed by atoms with Gasteiger partial charge in [0.1, 0.15) is 0 Å². The molecule has 6 heteroatoms. The molecule has 0 spiro atoms. The SMILES string of the molecule is O=S1(=O)CCC(N2CCCNC(CCO)C2)C1. The summed E-state index contributed by atoms with van der Waals surface area (Å²) in [5.74, 6) is 0.658. The van der Waals surface area contributed by atoms with Crippen molar-refractivity contribution in [2.24, 2.45) is 0 Å². The van der Waals surface area contributed by atoms with E-state index < -0.39 is 9.84 Å². The maximum Gasteiger partial charge on any atom is 0.151 e. The third-order valence-electron chi connectivity index (χ3n) is 3.71. The largest absolute Gasteiger partial charge is 0.396 e. The molecular weight excluding hydrogens is 240 g/mol. The molecule has 2 fully saturated rings. The van der Waals surface area contributed by atoms with Gasteiger partial charge in [-0.15, -0.1) is 0 Å². The second-order valence-electron chi connectivity index (χ2n) is 5.07. The highest BCUT2D eigenvalue weighted by Gasteiger charge is 2.33. The summed E-state index contributed by atoms with van der Waals surface area (Å²) in [6.07, 6.45) is 2.57. The third-order valence-corrected chi connectivity index (χ3v) is 5.46. The van der Waals surface area contributed by atoms with Crippen molar-refractivity contribution >= 4 is 9.84 Å². The number of rotatable bonds is 3. The van der Waals surface area contributed by atoms with Crippen molar-refractivity contribution in [3.8, 4) is 0 Å². The van der Waals surface area contributed by atoms with Gasteiger partial charge in [0.15, 0.2) is 9.84 Å². The van der Waals surface area contributed by atoms with Gasteiger partial charge >= 0.3 is 0 Å². The van der Waals surface area contributed by atoms with Crippen LogP contribution in [0.5, 0.6) is 0 Å². The van der Waals surface area contributed by atoms with E-state index in [1.807, 2.05) is 0 Å². The molecule has 0 aromatic rings. The average molecular weight is 262 g/mol. The normalized spacial score (nSPS) is 34.6. The van der Waals surface area contributed by atoms with E-state index in [9.17, 15) is 8.42 Å². The molecule has 2 unspecified atom stereocenters. The van der Waals surface area contributed by atoms with E-state index >= 15 is 0 Å². The van der Waals surface area contributed by atoms with Crippen molar-refractivity contribution in [3.05, 3.63) is 0 Å². The maximum atomic E-state index is 11.5. The summed E-state index contributed by atoms with van der Waals surface area (Å²) in [4.78, 5) is 2.30. The van der Waals surface area contributed by atoms with Crippen molar-refractivity contribution in [2.45, 2.75) is 31.3 Å². The predicted octanol–water partition coefficient (Wildman–Crippen LogP) is -0.780. The predicted molar refractivity (Wildman–Crippen MR) is 66.7 cm³/mol. The van der Waals surface area contributed by atoms with Crippen molar-refractivity contribution in [1.29, 1.82) is 0 Å². The summed E-state index contributed by atoms with van der Waals surface area (Å²) in [6.45, 7) is 2.98. The van der Waals surface area contributed by atoms with E-state index in [0.717, 1.165) is 38.9 Å². The molecule has 0 aliphatic carbocycles. The van der Waals surface area contributed by atoms with Crippen LogP contribution in [0.1, 0.15) is 19.3 Å². The van der Waals surface area contributed by atoms with Gasteiger partial charge in [0.25, 0.3) is 0 Å². The molecule has 2 aliphatic rings. The molecule has 2 N–H and O–H groups in total. The van der Waals surface area contributed by atoms with Crippen LogP contribution in [-0.4, -0.2) is 68.3 Å². The highest BCUT2D eigenvalue weighted by Crippen LogP contribution is 2.19. The van der Waals surface area contributed by atoms with E-state index in [2.05, 4.69) is 10.2 Å². The molecule has 0 aromatic carbocycles. The average Bonchev–Trinajstić information content (AvgIpc) is 2.50. The summed E-state index contributed by atoms with van der Waals surface area (Å²) < 4.78 is 23.0. The topological polar surface area (TPSA) is 69.6 Å². The van der Waals surface area contributed by atoms with E-state index in [1.165, 1.54) is 0 Å². The van der Waals surface area contributed by atoms with Crippen molar-refractivity contribution in [1.82, 2.24) is 10.2 Å². The Morgan fingerprint density at radius 2 is 2.24 bits per heavy atom. The molecule has 17 heavy (non-hydrogen) atoms. The quantitative estimate of drug-likeness (QED) is 0.698. The number of nitrogens with one attached hydrogen (secondary N) is 1. The highest BCUT2D eigenvalue weighted by atomic mass is 32.2. The first kappa shape index (κ1) is 13.3. The lowest BCUT2D eigenvalue weighted by Crippen LogP contribution is -2.43. The van der Waals surface area contributed by atoms with Gasteiger partial charge in [-0.2, -0.15) is 0 Å². The molecule has 0 radical (unpaired) electrons. The van der Waals surface area contributed by atoms with Gasteiger partial charge in [-0.25, -0.2) is 8.42 Å². The van der Waals surface area contributed by atoms with Crippen LogP contribution in [0.2, 0.25) is 0 Å². The minimum Gasteiger partial charge on any atom is -0.396 e. The summed E-state index contributed by atoms with van der Waals surface area (Å²) in [6, 6.07) is 0.492. The van der Waals surface area contributed by atoms with E-state index in [1.54, 1.807) is 0 Å². The van der Waals surface area contributed by atoms with Crippen LogP contribution in [0, 0.1) is 0 Å². The van der Waals surface area contributed by atoms with Gasteiger partial charge < -0.3 is 10.4 Å². The van der Waals surface area contributed by atoms with E-state index in [4.69, 9.17) is 5.11 Å². The van der Waals surface area contributed by atoms with E-state index in [0.29, 0.717) is 17.5 Å². The van der Waals surface area contributed by atoms with Crippen LogP contribution in [0.25, 0.3) is 0 Å². The van der Waals surface area contributed by atoms with Crippen molar-refractivity contribution in [2.75, 3.05) is 37.7 Å². The molecule has 2 atom stereocenters. The first-order chi connectivity index (χ1) is 8.11. The zero-order chi connectivity index (χ0) is 12.3. The van der Waals surface area contributed by atoms with Crippen LogP contribution in [-0.2, 0) is 9.84 Å². The first-order valence-corrected chi connectivity index (χ1v) is 8.21. The molecular formula is C11H22N2O3S. The number of sulfone groups is 1. The molecule has 2 heterocycles. The fraction of sp³-hybridized carbons (Fsp3) is 1.00.